The number of fused-ring (bicyclic) bond motifs is 1. The SMILES string of the molecule is CCC(C)Nc1cccc2[nH]ncc12. The first-order valence-electron chi connectivity index (χ1n) is 5.00. The number of H-pyrrole nitrogens is 1. The lowest BCUT2D eigenvalue weighted by Gasteiger charge is -2.13. The first kappa shape index (κ1) is 9.06. The number of hydrogen-bond donors (Lipinski definition) is 2. The van der Waals surface area contributed by atoms with Gasteiger partial charge in [0, 0.05) is 17.1 Å². The van der Waals surface area contributed by atoms with E-state index in [1.165, 1.54) is 0 Å². The Morgan fingerprint density at radius 1 is 1.50 bits per heavy atom. The summed E-state index contributed by atoms with van der Waals surface area (Å²) in [6.45, 7) is 4.35. The number of anilines is 1. The van der Waals surface area contributed by atoms with Crippen LogP contribution in [0.5, 0.6) is 0 Å². The first-order valence-corrected chi connectivity index (χ1v) is 5.00. The van der Waals surface area contributed by atoms with Gasteiger partial charge in [-0.1, -0.05) is 13.0 Å². The van der Waals surface area contributed by atoms with Gasteiger partial charge in [-0.15, -0.1) is 0 Å². The molecule has 0 saturated heterocycles. The highest BCUT2D eigenvalue weighted by Crippen LogP contribution is 2.21. The molecule has 1 unspecified atom stereocenters. The maximum Gasteiger partial charge on any atom is 0.0671 e. The van der Waals surface area contributed by atoms with Gasteiger partial charge in [0.05, 0.1) is 11.7 Å². The van der Waals surface area contributed by atoms with Crippen molar-refractivity contribution in [3.63, 3.8) is 0 Å². The summed E-state index contributed by atoms with van der Waals surface area (Å²) >= 11 is 0. The van der Waals surface area contributed by atoms with E-state index in [-0.39, 0.29) is 0 Å². The third-order valence-corrected chi connectivity index (χ3v) is 2.50. The topological polar surface area (TPSA) is 40.7 Å². The Bertz CT molecular complexity index is 419. The molecule has 0 amide bonds. The lowest BCUT2D eigenvalue weighted by atomic mass is 10.2. The van der Waals surface area contributed by atoms with Gasteiger partial charge in [-0.3, -0.25) is 5.10 Å². The quantitative estimate of drug-likeness (QED) is 0.779. The van der Waals surface area contributed by atoms with E-state index in [0.29, 0.717) is 6.04 Å². The zero-order valence-corrected chi connectivity index (χ0v) is 8.54. The van der Waals surface area contributed by atoms with Crippen LogP contribution in [0.15, 0.2) is 24.4 Å². The van der Waals surface area contributed by atoms with Crippen LogP contribution in [0.4, 0.5) is 5.69 Å². The molecular formula is C11H15N3. The summed E-state index contributed by atoms with van der Waals surface area (Å²) in [5.74, 6) is 0. The van der Waals surface area contributed by atoms with E-state index in [9.17, 15) is 0 Å². The maximum absolute atomic E-state index is 4.03. The van der Waals surface area contributed by atoms with Crippen molar-refractivity contribution in [2.24, 2.45) is 0 Å². The van der Waals surface area contributed by atoms with Gasteiger partial charge in [0.1, 0.15) is 0 Å². The highest BCUT2D eigenvalue weighted by atomic mass is 15.1. The molecule has 2 aromatic rings. The molecular weight excluding hydrogens is 174 g/mol. The van der Waals surface area contributed by atoms with E-state index >= 15 is 0 Å². The van der Waals surface area contributed by atoms with Crippen LogP contribution < -0.4 is 5.32 Å². The number of nitrogens with zero attached hydrogens (tertiary/aromatic N) is 1. The zero-order chi connectivity index (χ0) is 9.97. The second-order valence-corrected chi connectivity index (χ2v) is 3.59. The minimum absolute atomic E-state index is 0.496. The lowest BCUT2D eigenvalue weighted by molar-refractivity contribution is 0.765. The summed E-state index contributed by atoms with van der Waals surface area (Å²) in [6.07, 6.45) is 2.98. The Morgan fingerprint density at radius 3 is 3.14 bits per heavy atom. The van der Waals surface area contributed by atoms with Crippen LogP contribution in [0.3, 0.4) is 0 Å². The van der Waals surface area contributed by atoms with Gasteiger partial charge in [-0.05, 0) is 25.5 Å². The Hall–Kier alpha value is -1.51. The van der Waals surface area contributed by atoms with Gasteiger partial charge in [-0.25, -0.2) is 0 Å². The summed E-state index contributed by atoms with van der Waals surface area (Å²) in [5, 5.41) is 11.6. The molecule has 0 saturated carbocycles. The average molecular weight is 189 g/mol. The van der Waals surface area contributed by atoms with E-state index in [1.807, 2.05) is 18.3 Å². The van der Waals surface area contributed by atoms with Crippen LogP contribution in [-0.4, -0.2) is 16.2 Å². The molecule has 0 radical (unpaired) electrons. The third-order valence-electron chi connectivity index (χ3n) is 2.50. The molecule has 3 heteroatoms. The van der Waals surface area contributed by atoms with Crippen molar-refractivity contribution in [1.82, 2.24) is 10.2 Å². The van der Waals surface area contributed by atoms with Crippen LogP contribution >= 0.6 is 0 Å². The molecule has 0 aliphatic heterocycles. The molecule has 0 aliphatic carbocycles. The second kappa shape index (κ2) is 3.70. The molecule has 0 fully saturated rings. The Labute approximate surface area is 83.5 Å². The molecule has 2 rings (SSSR count). The van der Waals surface area contributed by atoms with Crippen LogP contribution in [0.2, 0.25) is 0 Å². The highest BCUT2D eigenvalue weighted by Gasteiger charge is 2.04. The monoisotopic (exact) mass is 189 g/mol. The van der Waals surface area contributed by atoms with Crippen molar-refractivity contribution in [3.05, 3.63) is 24.4 Å². The van der Waals surface area contributed by atoms with E-state index in [2.05, 4.69) is 35.4 Å². The Morgan fingerprint density at radius 2 is 2.36 bits per heavy atom. The minimum Gasteiger partial charge on any atom is -0.382 e. The molecule has 1 heterocycles. The number of benzene rings is 1. The van der Waals surface area contributed by atoms with Gasteiger partial charge >= 0.3 is 0 Å². The number of aromatic amines is 1. The fourth-order valence-electron chi connectivity index (χ4n) is 1.46. The molecule has 0 bridgehead atoms. The van der Waals surface area contributed by atoms with Gasteiger partial charge in [0.2, 0.25) is 0 Å². The molecule has 0 spiro atoms. The summed E-state index contributed by atoms with van der Waals surface area (Å²) in [4.78, 5) is 0. The fraction of sp³-hybridized carbons (Fsp3) is 0.364. The average Bonchev–Trinajstić information content (AvgIpc) is 2.66. The molecule has 0 aliphatic rings. The van der Waals surface area contributed by atoms with Crippen molar-refractivity contribution in [1.29, 1.82) is 0 Å². The summed E-state index contributed by atoms with van der Waals surface area (Å²) in [7, 11) is 0. The summed E-state index contributed by atoms with van der Waals surface area (Å²) < 4.78 is 0. The van der Waals surface area contributed by atoms with Crippen molar-refractivity contribution in [2.45, 2.75) is 26.3 Å². The maximum atomic E-state index is 4.03. The minimum atomic E-state index is 0.496. The molecule has 1 atom stereocenters. The molecule has 1 aromatic heterocycles. The van der Waals surface area contributed by atoms with Crippen LogP contribution in [-0.2, 0) is 0 Å². The summed E-state index contributed by atoms with van der Waals surface area (Å²) in [5.41, 5.74) is 2.24. The van der Waals surface area contributed by atoms with E-state index in [0.717, 1.165) is 23.0 Å². The predicted octanol–water partition coefficient (Wildman–Crippen LogP) is 2.77. The fourth-order valence-corrected chi connectivity index (χ4v) is 1.46. The molecule has 2 N–H and O–H groups in total. The Balaban J connectivity index is 2.36. The van der Waals surface area contributed by atoms with Crippen molar-refractivity contribution >= 4 is 16.6 Å². The van der Waals surface area contributed by atoms with Gasteiger partial charge in [0.15, 0.2) is 0 Å². The van der Waals surface area contributed by atoms with E-state index < -0.39 is 0 Å². The standard InChI is InChI=1S/C11H15N3/c1-3-8(2)13-10-5-4-6-11-9(10)7-12-14-11/h4-8,13H,3H2,1-2H3,(H,12,14). The normalized spacial score (nSPS) is 13.0. The number of hydrogen-bond acceptors (Lipinski definition) is 2. The molecule has 1 aromatic carbocycles. The number of aromatic nitrogens is 2. The largest absolute Gasteiger partial charge is 0.382 e. The first-order chi connectivity index (χ1) is 6.81. The van der Waals surface area contributed by atoms with Crippen molar-refractivity contribution < 1.29 is 0 Å². The highest BCUT2D eigenvalue weighted by molar-refractivity contribution is 5.90. The van der Waals surface area contributed by atoms with Gasteiger partial charge in [-0.2, -0.15) is 5.10 Å². The van der Waals surface area contributed by atoms with Gasteiger partial charge < -0.3 is 5.32 Å². The number of rotatable bonds is 3. The van der Waals surface area contributed by atoms with E-state index in [1.54, 1.807) is 0 Å². The Kier molecular flexibility index (Phi) is 2.39. The van der Waals surface area contributed by atoms with Crippen LogP contribution in [0.25, 0.3) is 10.9 Å². The van der Waals surface area contributed by atoms with Crippen molar-refractivity contribution in [2.75, 3.05) is 5.32 Å². The molecule has 3 nitrogen and oxygen atoms in total. The second-order valence-electron chi connectivity index (χ2n) is 3.59. The lowest BCUT2D eigenvalue weighted by Crippen LogP contribution is -2.13. The number of nitrogens with one attached hydrogen (secondary N) is 2. The van der Waals surface area contributed by atoms with E-state index in [4.69, 9.17) is 0 Å². The molecule has 74 valence electrons. The van der Waals surface area contributed by atoms with Gasteiger partial charge in [0.25, 0.3) is 0 Å². The smallest absolute Gasteiger partial charge is 0.0671 e. The third kappa shape index (κ3) is 1.58. The summed E-state index contributed by atoms with van der Waals surface area (Å²) in [6, 6.07) is 6.65. The molecule has 14 heavy (non-hydrogen) atoms. The zero-order valence-electron chi connectivity index (χ0n) is 8.54. The van der Waals surface area contributed by atoms with Crippen LogP contribution in [0, 0.1) is 0 Å². The predicted molar refractivity (Wildman–Crippen MR) is 59.5 cm³/mol. The van der Waals surface area contributed by atoms with Crippen LogP contribution in [0.1, 0.15) is 20.3 Å². The van der Waals surface area contributed by atoms with Crippen molar-refractivity contribution in [3.8, 4) is 0 Å².